The number of aromatic nitrogens is 3. The molecule has 0 aliphatic heterocycles. The highest BCUT2D eigenvalue weighted by Gasteiger charge is 2.37. The number of hydrogen-bond donors (Lipinski definition) is 0. The summed E-state index contributed by atoms with van der Waals surface area (Å²) < 4.78 is 68.8. The normalized spacial score (nSPS) is 12.7. The Labute approximate surface area is 161 Å². The molecule has 3 aromatic rings. The van der Waals surface area contributed by atoms with E-state index in [2.05, 4.69) is 5.10 Å². The third-order valence-electron chi connectivity index (χ3n) is 4.14. The minimum Gasteiger partial charge on any atom is -0.307 e. The van der Waals surface area contributed by atoms with Crippen LogP contribution in [0.2, 0.25) is 0 Å². The van der Waals surface area contributed by atoms with Crippen LogP contribution < -0.4 is 0 Å². The fourth-order valence-corrected chi connectivity index (χ4v) is 4.44. The molecule has 0 unspecified atom stereocenters. The van der Waals surface area contributed by atoms with Crippen LogP contribution in [0.4, 0.5) is 13.2 Å². The molecule has 28 heavy (non-hydrogen) atoms. The molecule has 5 nitrogen and oxygen atoms in total. The van der Waals surface area contributed by atoms with Crippen molar-refractivity contribution in [2.45, 2.75) is 43.3 Å². The van der Waals surface area contributed by atoms with Gasteiger partial charge in [-0.25, -0.2) is 13.1 Å². The van der Waals surface area contributed by atoms with Gasteiger partial charge in [-0.15, -0.1) is 0 Å². The van der Waals surface area contributed by atoms with Crippen LogP contribution in [0.15, 0.2) is 58.6 Å². The van der Waals surface area contributed by atoms with Gasteiger partial charge in [0, 0.05) is 25.0 Å². The fourth-order valence-electron chi connectivity index (χ4n) is 2.96. The molecular weight excluding hydrogens is 391 g/mol. The van der Waals surface area contributed by atoms with Crippen molar-refractivity contribution in [2.75, 3.05) is 0 Å². The van der Waals surface area contributed by atoms with E-state index in [0.29, 0.717) is 18.3 Å². The summed E-state index contributed by atoms with van der Waals surface area (Å²) in [6, 6.07) is 7.28. The highest BCUT2D eigenvalue weighted by Crippen LogP contribution is 2.36. The molecule has 0 aliphatic rings. The van der Waals surface area contributed by atoms with Gasteiger partial charge in [-0.2, -0.15) is 18.3 Å². The third kappa shape index (κ3) is 3.84. The van der Waals surface area contributed by atoms with Crippen molar-refractivity contribution >= 4 is 9.84 Å². The van der Waals surface area contributed by atoms with Gasteiger partial charge in [-0.1, -0.05) is 26.0 Å². The summed E-state index contributed by atoms with van der Waals surface area (Å²) in [5.74, 6) is 0.965. The molecule has 0 spiro atoms. The van der Waals surface area contributed by atoms with Gasteiger partial charge >= 0.3 is 6.18 Å². The van der Waals surface area contributed by atoms with E-state index < -0.39 is 26.5 Å². The van der Waals surface area contributed by atoms with Gasteiger partial charge in [0.15, 0.2) is 0 Å². The van der Waals surface area contributed by atoms with Crippen LogP contribution in [0, 0.1) is 12.8 Å². The van der Waals surface area contributed by atoms with E-state index in [-0.39, 0.29) is 4.90 Å². The highest BCUT2D eigenvalue weighted by atomic mass is 32.2. The second-order valence-electron chi connectivity index (χ2n) is 6.97. The van der Waals surface area contributed by atoms with Gasteiger partial charge in [0.2, 0.25) is 9.84 Å². The van der Waals surface area contributed by atoms with Crippen molar-refractivity contribution in [1.29, 1.82) is 0 Å². The number of aryl methyl sites for hydroxylation is 1. The van der Waals surface area contributed by atoms with E-state index in [4.69, 9.17) is 0 Å². The van der Waals surface area contributed by atoms with Gasteiger partial charge in [-0.05, 0) is 31.0 Å². The van der Waals surface area contributed by atoms with Crippen molar-refractivity contribution in [3.63, 3.8) is 0 Å². The SMILES string of the molecule is Cc1cc(-n2ccc(S(=O)(=O)c3ccccc3C(F)(F)F)c2)n(CC(C)C)n1. The summed E-state index contributed by atoms with van der Waals surface area (Å²) >= 11 is 0. The number of halogens is 3. The van der Waals surface area contributed by atoms with E-state index in [1.165, 1.54) is 30.6 Å². The van der Waals surface area contributed by atoms with Crippen molar-refractivity contribution in [3.05, 3.63) is 60.0 Å². The Balaban J connectivity index is 2.06. The molecule has 150 valence electrons. The first-order chi connectivity index (χ1) is 13.0. The van der Waals surface area contributed by atoms with E-state index in [1.807, 2.05) is 20.8 Å². The zero-order valence-electron chi connectivity index (χ0n) is 15.6. The number of alkyl halides is 3. The molecule has 0 N–H and O–H groups in total. The second-order valence-corrected chi connectivity index (χ2v) is 8.89. The maximum absolute atomic E-state index is 13.3. The highest BCUT2D eigenvalue weighted by molar-refractivity contribution is 7.91. The smallest absolute Gasteiger partial charge is 0.307 e. The quantitative estimate of drug-likeness (QED) is 0.622. The average molecular weight is 411 g/mol. The molecule has 1 aromatic carbocycles. The van der Waals surface area contributed by atoms with Gasteiger partial charge in [0.05, 0.1) is 21.0 Å². The molecule has 9 heteroatoms. The predicted molar refractivity (Wildman–Crippen MR) is 98.0 cm³/mol. The standard InChI is InChI=1S/C19H20F3N3O2S/c1-13(2)11-25-18(10-14(3)23-25)24-9-8-15(12-24)28(26,27)17-7-5-4-6-16(17)19(20,21)22/h4-10,12-13H,11H2,1-3H3. The Hall–Kier alpha value is -2.55. The molecule has 2 aromatic heterocycles. The lowest BCUT2D eigenvalue weighted by molar-refractivity contribution is -0.139. The maximum atomic E-state index is 13.3. The molecular formula is C19H20F3N3O2S. The predicted octanol–water partition coefficient (Wildman–Crippen LogP) is 4.49. The first kappa shape index (κ1) is 20.2. The van der Waals surface area contributed by atoms with Crippen LogP contribution >= 0.6 is 0 Å². The van der Waals surface area contributed by atoms with E-state index in [9.17, 15) is 21.6 Å². The van der Waals surface area contributed by atoms with Crippen LogP contribution in [0.5, 0.6) is 0 Å². The maximum Gasteiger partial charge on any atom is 0.417 e. The molecule has 0 saturated carbocycles. The lowest BCUT2D eigenvalue weighted by atomic mass is 10.2. The van der Waals surface area contributed by atoms with Gasteiger partial charge < -0.3 is 4.57 Å². The first-order valence-corrected chi connectivity index (χ1v) is 10.1. The monoisotopic (exact) mass is 411 g/mol. The summed E-state index contributed by atoms with van der Waals surface area (Å²) in [4.78, 5) is -0.966. The van der Waals surface area contributed by atoms with Gasteiger partial charge in [-0.3, -0.25) is 0 Å². The van der Waals surface area contributed by atoms with Crippen LogP contribution in [0.3, 0.4) is 0 Å². The zero-order valence-corrected chi connectivity index (χ0v) is 16.4. The van der Waals surface area contributed by atoms with Crippen LogP contribution in [0.25, 0.3) is 5.82 Å². The minimum absolute atomic E-state index is 0.209. The Morgan fingerprint density at radius 3 is 2.46 bits per heavy atom. The summed E-state index contributed by atoms with van der Waals surface area (Å²) in [6.07, 6.45) is -1.94. The fraction of sp³-hybridized carbons (Fsp3) is 0.316. The lowest BCUT2D eigenvalue weighted by Crippen LogP contribution is -2.13. The summed E-state index contributed by atoms with van der Waals surface area (Å²) in [7, 11) is -4.34. The largest absolute Gasteiger partial charge is 0.417 e. The molecule has 2 heterocycles. The van der Waals surface area contributed by atoms with Crippen LogP contribution in [-0.4, -0.2) is 22.8 Å². The van der Waals surface area contributed by atoms with Crippen molar-refractivity contribution in [3.8, 4) is 5.82 Å². The lowest BCUT2D eigenvalue weighted by Gasteiger charge is -2.12. The summed E-state index contributed by atoms with van der Waals surface area (Å²) in [5, 5.41) is 4.40. The number of nitrogens with zero attached hydrogens (tertiary/aromatic N) is 3. The van der Waals surface area contributed by atoms with Crippen molar-refractivity contribution in [1.82, 2.24) is 14.3 Å². The Morgan fingerprint density at radius 2 is 1.82 bits per heavy atom. The van der Waals surface area contributed by atoms with Gasteiger partial charge in [0.1, 0.15) is 5.82 Å². The molecule has 0 bridgehead atoms. The van der Waals surface area contributed by atoms with Crippen LogP contribution in [0.1, 0.15) is 25.1 Å². The van der Waals surface area contributed by atoms with Crippen molar-refractivity contribution in [2.24, 2.45) is 5.92 Å². The molecule has 0 atom stereocenters. The average Bonchev–Trinajstić information content (AvgIpc) is 3.20. The van der Waals surface area contributed by atoms with Gasteiger partial charge in [0.25, 0.3) is 0 Å². The Kier molecular flexibility index (Phi) is 5.14. The molecule has 0 saturated heterocycles. The molecule has 0 radical (unpaired) electrons. The molecule has 0 fully saturated rings. The topological polar surface area (TPSA) is 56.9 Å². The molecule has 0 aliphatic carbocycles. The minimum atomic E-state index is -4.76. The second kappa shape index (κ2) is 7.12. The Bertz CT molecular complexity index is 1100. The summed E-state index contributed by atoms with van der Waals surface area (Å²) in [5.41, 5.74) is -0.417. The Morgan fingerprint density at radius 1 is 1.14 bits per heavy atom. The van der Waals surface area contributed by atoms with E-state index in [1.54, 1.807) is 15.3 Å². The third-order valence-corrected chi connectivity index (χ3v) is 5.94. The molecule has 0 amide bonds. The van der Waals surface area contributed by atoms with Crippen molar-refractivity contribution < 1.29 is 21.6 Å². The van der Waals surface area contributed by atoms with E-state index >= 15 is 0 Å². The molecule has 3 rings (SSSR count). The summed E-state index contributed by atoms with van der Waals surface area (Å²) in [6.45, 7) is 6.50. The number of sulfone groups is 1. The number of benzene rings is 1. The number of rotatable bonds is 5. The number of hydrogen-bond acceptors (Lipinski definition) is 3. The van der Waals surface area contributed by atoms with Crippen LogP contribution in [-0.2, 0) is 22.6 Å². The first-order valence-electron chi connectivity index (χ1n) is 8.64. The zero-order chi connectivity index (χ0) is 20.7. The van der Waals surface area contributed by atoms with E-state index in [0.717, 1.165) is 17.8 Å².